The van der Waals surface area contributed by atoms with E-state index < -0.39 is 5.97 Å². The SMILES string of the molecule is O=C(O)c1ccc(Cn2ccc(C(O)C3CC3)c2)cc1. The third-order valence-electron chi connectivity index (χ3n) is 3.75. The Morgan fingerprint density at radius 3 is 2.55 bits per heavy atom. The van der Waals surface area contributed by atoms with E-state index in [0.717, 1.165) is 24.0 Å². The number of benzene rings is 1. The van der Waals surface area contributed by atoms with E-state index >= 15 is 0 Å². The molecule has 20 heavy (non-hydrogen) atoms. The number of nitrogens with zero attached hydrogens (tertiary/aromatic N) is 1. The van der Waals surface area contributed by atoms with Crippen molar-refractivity contribution in [3.8, 4) is 0 Å². The summed E-state index contributed by atoms with van der Waals surface area (Å²) in [6, 6.07) is 8.82. The molecule has 0 bridgehead atoms. The van der Waals surface area contributed by atoms with Crippen molar-refractivity contribution < 1.29 is 15.0 Å². The molecule has 2 aromatic rings. The first kappa shape index (κ1) is 12.9. The number of aliphatic hydroxyl groups excluding tert-OH is 1. The van der Waals surface area contributed by atoms with E-state index in [1.165, 1.54) is 0 Å². The summed E-state index contributed by atoms with van der Waals surface area (Å²) in [5.74, 6) is -0.479. The molecule has 1 aliphatic carbocycles. The van der Waals surface area contributed by atoms with Gasteiger partial charge in [-0.15, -0.1) is 0 Å². The second-order valence-electron chi connectivity index (χ2n) is 5.40. The van der Waals surface area contributed by atoms with E-state index in [9.17, 15) is 9.90 Å². The van der Waals surface area contributed by atoms with Crippen LogP contribution in [0, 0.1) is 5.92 Å². The molecule has 4 nitrogen and oxygen atoms in total. The molecule has 1 aromatic heterocycles. The Morgan fingerprint density at radius 1 is 1.25 bits per heavy atom. The maximum Gasteiger partial charge on any atom is 0.335 e. The summed E-state index contributed by atoms with van der Waals surface area (Å²) >= 11 is 0. The molecule has 0 saturated heterocycles. The number of aliphatic hydroxyl groups is 1. The molecule has 0 spiro atoms. The molecule has 4 heteroatoms. The Balaban J connectivity index is 1.69. The Hall–Kier alpha value is -2.07. The van der Waals surface area contributed by atoms with Crippen molar-refractivity contribution in [2.24, 2.45) is 5.92 Å². The van der Waals surface area contributed by atoms with Crippen LogP contribution < -0.4 is 0 Å². The van der Waals surface area contributed by atoms with Crippen molar-refractivity contribution in [1.29, 1.82) is 0 Å². The predicted octanol–water partition coefficient (Wildman–Crippen LogP) is 2.68. The highest BCUT2D eigenvalue weighted by molar-refractivity contribution is 5.87. The van der Waals surface area contributed by atoms with Crippen LogP contribution in [0.2, 0.25) is 0 Å². The average molecular weight is 271 g/mol. The Bertz CT molecular complexity index is 611. The van der Waals surface area contributed by atoms with Gasteiger partial charge in [-0.05, 0) is 48.1 Å². The van der Waals surface area contributed by atoms with Gasteiger partial charge in [-0.2, -0.15) is 0 Å². The second-order valence-corrected chi connectivity index (χ2v) is 5.40. The molecule has 1 saturated carbocycles. The lowest BCUT2D eigenvalue weighted by Gasteiger charge is -2.07. The highest BCUT2D eigenvalue weighted by Gasteiger charge is 2.31. The number of rotatable bonds is 5. The normalized spacial score (nSPS) is 16.1. The molecule has 104 valence electrons. The molecule has 0 radical (unpaired) electrons. The fourth-order valence-electron chi connectivity index (χ4n) is 2.38. The van der Waals surface area contributed by atoms with E-state index in [4.69, 9.17) is 5.11 Å². The van der Waals surface area contributed by atoms with Crippen LogP contribution in [-0.4, -0.2) is 20.7 Å². The van der Waals surface area contributed by atoms with Gasteiger partial charge in [0.15, 0.2) is 0 Å². The van der Waals surface area contributed by atoms with Crippen molar-refractivity contribution in [3.05, 3.63) is 59.4 Å². The van der Waals surface area contributed by atoms with Crippen LogP contribution in [0.25, 0.3) is 0 Å². The summed E-state index contributed by atoms with van der Waals surface area (Å²) in [6.45, 7) is 0.678. The average Bonchev–Trinajstić information content (AvgIpc) is 3.19. The smallest absolute Gasteiger partial charge is 0.335 e. The van der Waals surface area contributed by atoms with Crippen molar-refractivity contribution in [2.75, 3.05) is 0 Å². The molecule has 1 aliphatic rings. The van der Waals surface area contributed by atoms with E-state index in [0.29, 0.717) is 18.0 Å². The van der Waals surface area contributed by atoms with Gasteiger partial charge < -0.3 is 14.8 Å². The second kappa shape index (κ2) is 5.13. The lowest BCUT2D eigenvalue weighted by Crippen LogP contribution is -2.00. The summed E-state index contributed by atoms with van der Waals surface area (Å²) in [4.78, 5) is 10.8. The van der Waals surface area contributed by atoms with Gasteiger partial charge in [-0.1, -0.05) is 12.1 Å². The highest BCUT2D eigenvalue weighted by Crippen LogP contribution is 2.40. The van der Waals surface area contributed by atoms with Gasteiger partial charge in [0, 0.05) is 18.9 Å². The molecular weight excluding hydrogens is 254 g/mol. The zero-order valence-electron chi connectivity index (χ0n) is 11.1. The van der Waals surface area contributed by atoms with Crippen molar-refractivity contribution in [3.63, 3.8) is 0 Å². The summed E-state index contributed by atoms with van der Waals surface area (Å²) in [5.41, 5.74) is 2.30. The third-order valence-corrected chi connectivity index (χ3v) is 3.75. The summed E-state index contributed by atoms with van der Waals surface area (Å²) in [7, 11) is 0. The van der Waals surface area contributed by atoms with Crippen LogP contribution in [-0.2, 0) is 6.54 Å². The molecule has 1 aromatic carbocycles. The monoisotopic (exact) mass is 271 g/mol. The van der Waals surface area contributed by atoms with Crippen LogP contribution in [0.1, 0.15) is 40.4 Å². The van der Waals surface area contributed by atoms with Gasteiger partial charge in [0.1, 0.15) is 0 Å². The number of aromatic nitrogens is 1. The molecule has 2 N–H and O–H groups in total. The lowest BCUT2D eigenvalue weighted by atomic mass is 10.1. The first-order valence-electron chi connectivity index (χ1n) is 6.79. The van der Waals surface area contributed by atoms with Crippen molar-refractivity contribution in [2.45, 2.75) is 25.5 Å². The highest BCUT2D eigenvalue weighted by atomic mass is 16.4. The molecule has 1 fully saturated rings. The van der Waals surface area contributed by atoms with Crippen molar-refractivity contribution >= 4 is 5.97 Å². The Kier molecular flexibility index (Phi) is 3.32. The largest absolute Gasteiger partial charge is 0.478 e. The van der Waals surface area contributed by atoms with Gasteiger partial charge in [-0.3, -0.25) is 0 Å². The number of hydrogen-bond acceptors (Lipinski definition) is 2. The summed E-state index contributed by atoms with van der Waals surface area (Å²) in [5, 5.41) is 18.9. The number of aromatic carboxylic acids is 1. The fourth-order valence-corrected chi connectivity index (χ4v) is 2.38. The zero-order chi connectivity index (χ0) is 14.1. The van der Waals surface area contributed by atoms with Crippen LogP contribution in [0.15, 0.2) is 42.7 Å². The van der Waals surface area contributed by atoms with Gasteiger partial charge in [0.05, 0.1) is 11.7 Å². The predicted molar refractivity (Wildman–Crippen MR) is 74.6 cm³/mol. The van der Waals surface area contributed by atoms with Gasteiger partial charge >= 0.3 is 5.97 Å². The van der Waals surface area contributed by atoms with E-state index in [1.54, 1.807) is 12.1 Å². The number of carboxylic acids is 1. The number of carbonyl (C=O) groups is 1. The summed E-state index contributed by atoms with van der Waals surface area (Å²) < 4.78 is 2.01. The molecule has 0 amide bonds. The van der Waals surface area contributed by atoms with Crippen LogP contribution in [0.4, 0.5) is 0 Å². The van der Waals surface area contributed by atoms with Crippen LogP contribution >= 0.6 is 0 Å². The van der Waals surface area contributed by atoms with Crippen LogP contribution in [0.5, 0.6) is 0 Å². The van der Waals surface area contributed by atoms with E-state index in [1.807, 2.05) is 35.2 Å². The molecule has 3 rings (SSSR count). The zero-order valence-corrected chi connectivity index (χ0v) is 11.1. The molecule has 1 heterocycles. The first-order valence-corrected chi connectivity index (χ1v) is 6.79. The van der Waals surface area contributed by atoms with Crippen LogP contribution in [0.3, 0.4) is 0 Å². The molecule has 0 aliphatic heterocycles. The minimum Gasteiger partial charge on any atom is -0.478 e. The number of carboxylic acid groups (broad SMARTS) is 1. The van der Waals surface area contributed by atoms with E-state index in [-0.39, 0.29) is 6.10 Å². The molecular formula is C16H17NO3. The van der Waals surface area contributed by atoms with E-state index in [2.05, 4.69) is 0 Å². The Labute approximate surface area is 117 Å². The Morgan fingerprint density at radius 2 is 1.95 bits per heavy atom. The fraction of sp³-hybridized carbons (Fsp3) is 0.312. The maximum atomic E-state index is 10.8. The first-order chi connectivity index (χ1) is 9.63. The third kappa shape index (κ3) is 2.75. The standard InChI is InChI=1S/C16H17NO3/c18-15(12-5-6-12)14-7-8-17(10-14)9-11-1-3-13(4-2-11)16(19)20/h1-4,7-8,10,12,15,18H,5-6,9H2,(H,19,20). The maximum absolute atomic E-state index is 10.8. The minimum atomic E-state index is -0.910. The van der Waals surface area contributed by atoms with Crippen molar-refractivity contribution in [1.82, 2.24) is 4.57 Å². The quantitative estimate of drug-likeness (QED) is 0.878. The van der Waals surface area contributed by atoms with Gasteiger partial charge in [-0.25, -0.2) is 4.79 Å². The topological polar surface area (TPSA) is 62.5 Å². The molecule has 1 atom stereocenters. The summed E-state index contributed by atoms with van der Waals surface area (Å²) in [6.07, 6.45) is 5.80. The van der Waals surface area contributed by atoms with Gasteiger partial charge in [0.2, 0.25) is 0 Å². The minimum absolute atomic E-state index is 0.297. The number of hydrogen-bond donors (Lipinski definition) is 2. The lowest BCUT2D eigenvalue weighted by molar-refractivity contribution is 0.0697. The van der Waals surface area contributed by atoms with Gasteiger partial charge in [0.25, 0.3) is 0 Å². The molecule has 1 unspecified atom stereocenters.